The van der Waals surface area contributed by atoms with Crippen LogP contribution in [0.25, 0.3) is 12.2 Å². The third-order valence-electron chi connectivity index (χ3n) is 1.90. The minimum Gasteiger partial charge on any atom is -0.441 e. The lowest BCUT2D eigenvalue weighted by Gasteiger charge is -1.91. The van der Waals surface area contributed by atoms with E-state index in [-0.39, 0.29) is 0 Å². The lowest BCUT2D eigenvalue weighted by atomic mass is 10.2. The number of fused-ring (bicyclic) bond motifs is 1. The van der Waals surface area contributed by atoms with Gasteiger partial charge in [0.25, 0.3) is 0 Å². The van der Waals surface area contributed by atoms with Gasteiger partial charge in [0.2, 0.25) is 0 Å². The number of allylic oxidation sites excluding steroid dienone is 2. The Morgan fingerprint density at radius 2 is 1.86 bits per heavy atom. The summed E-state index contributed by atoms with van der Waals surface area (Å²) in [4.78, 5) is 4.24. The second kappa shape index (κ2) is 4.80. The summed E-state index contributed by atoms with van der Waals surface area (Å²) < 4.78 is 5.39. The fourth-order valence-electron chi connectivity index (χ4n) is 1.24. The number of hydrogen-bond donors (Lipinski definition) is 0. The Kier molecular flexibility index (Phi) is 3.69. The van der Waals surface area contributed by atoms with Gasteiger partial charge in [0.15, 0.2) is 11.7 Å². The second-order valence-electron chi connectivity index (χ2n) is 3.06. The Morgan fingerprint density at radius 3 is 2.57 bits per heavy atom. The summed E-state index contributed by atoms with van der Waals surface area (Å²) in [7, 11) is 0. The van der Waals surface area contributed by atoms with E-state index in [1.165, 1.54) is 0 Å². The van der Waals surface area contributed by atoms with Crippen molar-refractivity contribution in [1.82, 2.24) is 4.98 Å². The number of rotatable bonds is 0. The maximum atomic E-state index is 5.39. The number of aromatic nitrogens is 1. The molecular weight excluding hydrogens is 174 g/mol. The third kappa shape index (κ3) is 2.34. The van der Waals surface area contributed by atoms with E-state index in [0.717, 1.165) is 17.3 Å². The zero-order valence-electron chi connectivity index (χ0n) is 9.24. The van der Waals surface area contributed by atoms with Gasteiger partial charge >= 0.3 is 0 Å². The second-order valence-corrected chi connectivity index (χ2v) is 3.06. The van der Waals surface area contributed by atoms with Gasteiger partial charge in [-0.2, -0.15) is 0 Å². The van der Waals surface area contributed by atoms with Crippen LogP contribution in [-0.4, -0.2) is 4.98 Å². The summed E-state index contributed by atoms with van der Waals surface area (Å²) in [6, 6.07) is 0. The first-order chi connectivity index (χ1) is 6.75. The van der Waals surface area contributed by atoms with Crippen LogP contribution in [0.2, 0.25) is 0 Å². The van der Waals surface area contributed by atoms with Crippen LogP contribution >= 0.6 is 0 Å². The van der Waals surface area contributed by atoms with Crippen molar-refractivity contribution in [2.45, 2.75) is 27.7 Å². The average molecular weight is 191 g/mol. The monoisotopic (exact) mass is 191 g/mol. The Bertz CT molecular complexity index is 316. The van der Waals surface area contributed by atoms with E-state index < -0.39 is 0 Å². The molecule has 0 aliphatic heterocycles. The summed E-state index contributed by atoms with van der Waals surface area (Å²) in [6.07, 6.45) is 8.22. The minimum atomic E-state index is 0.467. The Labute approximate surface area is 85.4 Å². The van der Waals surface area contributed by atoms with Crippen LogP contribution < -0.4 is 0 Å². The number of aryl methyl sites for hydroxylation is 1. The summed E-state index contributed by atoms with van der Waals surface area (Å²) >= 11 is 0. The molecule has 0 N–H and O–H groups in total. The average Bonchev–Trinajstić information content (AvgIpc) is 2.47. The standard InChI is InChI=1S/C10H11NO.C2H6/c1-7-3-5-9-10(6-4-7)12-8(2)11-9;1-2/h3-7H,1-2H3;1-2H3. The van der Waals surface area contributed by atoms with E-state index in [2.05, 4.69) is 24.1 Å². The van der Waals surface area contributed by atoms with Gasteiger partial charge in [0.1, 0.15) is 5.69 Å². The first-order valence-corrected chi connectivity index (χ1v) is 5.09. The van der Waals surface area contributed by atoms with E-state index in [9.17, 15) is 0 Å². The van der Waals surface area contributed by atoms with Crippen molar-refractivity contribution in [2.24, 2.45) is 5.92 Å². The molecule has 14 heavy (non-hydrogen) atoms. The number of nitrogens with zero attached hydrogens (tertiary/aromatic N) is 1. The smallest absolute Gasteiger partial charge is 0.192 e. The van der Waals surface area contributed by atoms with Crippen LogP contribution in [0.3, 0.4) is 0 Å². The topological polar surface area (TPSA) is 26.0 Å². The first-order valence-electron chi connectivity index (χ1n) is 5.09. The Hall–Kier alpha value is -1.31. The van der Waals surface area contributed by atoms with Gasteiger partial charge in [-0.15, -0.1) is 0 Å². The number of oxazole rings is 1. The third-order valence-corrected chi connectivity index (χ3v) is 1.90. The quantitative estimate of drug-likeness (QED) is 0.625. The number of hydrogen-bond acceptors (Lipinski definition) is 2. The van der Waals surface area contributed by atoms with Crippen LogP contribution in [0.5, 0.6) is 0 Å². The Balaban J connectivity index is 0.000000461. The van der Waals surface area contributed by atoms with Gasteiger partial charge in [-0.3, -0.25) is 0 Å². The van der Waals surface area contributed by atoms with Crippen molar-refractivity contribution in [3.05, 3.63) is 29.5 Å². The highest BCUT2D eigenvalue weighted by molar-refractivity contribution is 5.61. The van der Waals surface area contributed by atoms with E-state index in [0.29, 0.717) is 5.92 Å². The minimum absolute atomic E-state index is 0.467. The zero-order chi connectivity index (χ0) is 10.6. The van der Waals surface area contributed by atoms with Crippen molar-refractivity contribution in [2.75, 3.05) is 0 Å². The zero-order valence-corrected chi connectivity index (χ0v) is 9.24. The van der Waals surface area contributed by atoms with Crippen LogP contribution in [-0.2, 0) is 0 Å². The SMILES string of the molecule is CC.Cc1nc2c(o1)C=CC(C)C=C2. The van der Waals surface area contributed by atoms with E-state index in [1.807, 2.05) is 32.9 Å². The molecule has 2 rings (SSSR count). The molecule has 1 unspecified atom stereocenters. The molecule has 76 valence electrons. The van der Waals surface area contributed by atoms with Crippen LogP contribution in [0.15, 0.2) is 16.6 Å². The molecule has 0 amide bonds. The molecule has 1 atom stereocenters. The van der Waals surface area contributed by atoms with Crippen molar-refractivity contribution in [3.63, 3.8) is 0 Å². The lowest BCUT2D eigenvalue weighted by Crippen LogP contribution is -1.78. The fraction of sp³-hybridized carbons (Fsp3) is 0.417. The predicted octanol–water partition coefficient (Wildman–Crippen LogP) is 3.69. The van der Waals surface area contributed by atoms with E-state index >= 15 is 0 Å². The first kappa shape index (κ1) is 10.8. The van der Waals surface area contributed by atoms with Gasteiger partial charge in [-0.25, -0.2) is 4.98 Å². The molecule has 0 fully saturated rings. The van der Waals surface area contributed by atoms with Crippen molar-refractivity contribution in [1.29, 1.82) is 0 Å². The lowest BCUT2D eigenvalue weighted by molar-refractivity contribution is 0.512. The van der Waals surface area contributed by atoms with Crippen molar-refractivity contribution >= 4 is 12.2 Å². The Morgan fingerprint density at radius 1 is 1.21 bits per heavy atom. The molecule has 1 heterocycles. The fourth-order valence-corrected chi connectivity index (χ4v) is 1.24. The molecule has 0 saturated carbocycles. The van der Waals surface area contributed by atoms with Crippen molar-refractivity contribution in [3.8, 4) is 0 Å². The summed E-state index contributed by atoms with van der Waals surface area (Å²) in [5, 5.41) is 0. The van der Waals surface area contributed by atoms with Gasteiger partial charge < -0.3 is 4.42 Å². The molecule has 0 aromatic carbocycles. The van der Waals surface area contributed by atoms with Gasteiger partial charge in [-0.1, -0.05) is 32.9 Å². The molecule has 1 aromatic heterocycles. The molecular formula is C12H17NO. The van der Waals surface area contributed by atoms with Gasteiger partial charge in [0.05, 0.1) is 0 Å². The molecule has 0 spiro atoms. The normalized spacial score (nSPS) is 18.1. The maximum absolute atomic E-state index is 5.39. The predicted molar refractivity (Wildman–Crippen MR) is 59.8 cm³/mol. The molecule has 0 bridgehead atoms. The highest BCUT2D eigenvalue weighted by Gasteiger charge is 2.07. The molecule has 1 aliphatic rings. The summed E-state index contributed by atoms with van der Waals surface area (Å²) in [6.45, 7) is 7.99. The molecule has 2 heteroatoms. The van der Waals surface area contributed by atoms with Crippen LogP contribution in [0.1, 0.15) is 38.1 Å². The largest absolute Gasteiger partial charge is 0.441 e. The summed E-state index contributed by atoms with van der Waals surface area (Å²) in [5.74, 6) is 2.06. The highest BCUT2D eigenvalue weighted by atomic mass is 16.4. The molecule has 0 saturated heterocycles. The molecule has 2 nitrogen and oxygen atoms in total. The molecule has 0 radical (unpaired) electrons. The van der Waals surface area contributed by atoms with Crippen LogP contribution in [0, 0.1) is 12.8 Å². The van der Waals surface area contributed by atoms with Gasteiger partial charge in [0, 0.05) is 6.92 Å². The molecule has 1 aromatic rings. The summed E-state index contributed by atoms with van der Waals surface area (Å²) in [5.41, 5.74) is 0.938. The molecule has 1 aliphatic carbocycles. The van der Waals surface area contributed by atoms with Crippen molar-refractivity contribution < 1.29 is 4.42 Å². The highest BCUT2D eigenvalue weighted by Crippen LogP contribution is 2.19. The van der Waals surface area contributed by atoms with Crippen LogP contribution in [0.4, 0.5) is 0 Å². The maximum Gasteiger partial charge on any atom is 0.192 e. The van der Waals surface area contributed by atoms with Gasteiger partial charge in [-0.05, 0) is 18.1 Å². The van der Waals surface area contributed by atoms with E-state index in [4.69, 9.17) is 4.42 Å². The van der Waals surface area contributed by atoms with E-state index in [1.54, 1.807) is 0 Å².